The van der Waals surface area contributed by atoms with Gasteiger partial charge in [0, 0.05) is 44.1 Å². The summed E-state index contributed by atoms with van der Waals surface area (Å²) in [6.45, 7) is 2.14. The Bertz CT molecular complexity index is 566. The molecule has 19 heavy (non-hydrogen) atoms. The van der Waals surface area contributed by atoms with Gasteiger partial charge in [-0.1, -0.05) is 0 Å². The van der Waals surface area contributed by atoms with Gasteiger partial charge in [0.1, 0.15) is 0 Å². The summed E-state index contributed by atoms with van der Waals surface area (Å²) < 4.78 is 38.8. The number of piperazine rings is 1. The van der Waals surface area contributed by atoms with Crippen molar-refractivity contribution >= 4 is 15.7 Å². The second kappa shape index (κ2) is 4.72. The Balaban J connectivity index is 1.66. The highest BCUT2D eigenvalue weighted by Gasteiger charge is 2.40. The largest absolute Gasteiger partial charge is 0.369 e. The van der Waals surface area contributed by atoms with Crippen LogP contribution in [0.15, 0.2) is 18.3 Å². The average molecular weight is 285 g/mol. The molecule has 104 valence electrons. The van der Waals surface area contributed by atoms with E-state index in [1.807, 2.05) is 4.90 Å². The van der Waals surface area contributed by atoms with Gasteiger partial charge in [0.15, 0.2) is 0 Å². The Kier molecular flexibility index (Phi) is 3.18. The van der Waals surface area contributed by atoms with E-state index in [1.54, 1.807) is 10.4 Å². The maximum absolute atomic E-state index is 13.1. The van der Waals surface area contributed by atoms with Gasteiger partial charge < -0.3 is 4.90 Å². The van der Waals surface area contributed by atoms with Crippen LogP contribution >= 0.6 is 0 Å². The number of nitrogens with zero attached hydrogens (tertiary/aromatic N) is 3. The number of rotatable bonds is 3. The van der Waals surface area contributed by atoms with E-state index in [1.165, 1.54) is 12.3 Å². The second-order valence-electron chi connectivity index (χ2n) is 4.97. The lowest BCUT2D eigenvalue weighted by Gasteiger charge is -2.35. The molecule has 0 N–H and O–H groups in total. The molecular formula is C12H16FN3O2S. The highest BCUT2D eigenvalue weighted by molar-refractivity contribution is 7.90. The Morgan fingerprint density at radius 3 is 2.47 bits per heavy atom. The number of sulfonamides is 1. The lowest BCUT2D eigenvalue weighted by molar-refractivity contribution is 0.384. The van der Waals surface area contributed by atoms with Crippen LogP contribution in [0, 0.1) is 5.95 Å². The Labute approximate surface area is 112 Å². The van der Waals surface area contributed by atoms with Crippen LogP contribution in [-0.4, -0.2) is 49.1 Å². The molecule has 2 heterocycles. The van der Waals surface area contributed by atoms with E-state index in [9.17, 15) is 12.8 Å². The zero-order valence-corrected chi connectivity index (χ0v) is 11.3. The van der Waals surface area contributed by atoms with Gasteiger partial charge in [0.2, 0.25) is 16.0 Å². The fraction of sp³-hybridized carbons (Fsp3) is 0.583. The summed E-state index contributed by atoms with van der Waals surface area (Å²) in [5, 5.41) is -0.155. The SMILES string of the molecule is O=S(=O)(C1CC1)N1CCN(c2ccnc(F)c2)CC1. The molecule has 1 saturated heterocycles. The molecule has 7 heteroatoms. The van der Waals surface area contributed by atoms with Crippen LogP contribution in [0.4, 0.5) is 10.1 Å². The predicted molar refractivity (Wildman–Crippen MR) is 69.9 cm³/mol. The highest BCUT2D eigenvalue weighted by atomic mass is 32.2. The van der Waals surface area contributed by atoms with Crippen molar-refractivity contribution in [3.05, 3.63) is 24.3 Å². The van der Waals surface area contributed by atoms with Gasteiger partial charge >= 0.3 is 0 Å². The molecule has 1 aliphatic carbocycles. The topological polar surface area (TPSA) is 53.5 Å². The Morgan fingerprint density at radius 1 is 1.21 bits per heavy atom. The van der Waals surface area contributed by atoms with Gasteiger partial charge in [-0.2, -0.15) is 8.70 Å². The molecule has 0 amide bonds. The molecule has 0 unspecified atom stereocenters. The third-order valence-corrected chi connectivity index (χ3v) is 6.02. The molecule has 5 nitrogen and oxygen atoms in total. The highest BCUT2D eigenvalue weighted by Crippen LogP contribution is 2.31. The maximum atomic E-state index is 13.1. The third kappa shape index (κ3) is 2.57. The average Bonchev–Trinajstić information content (AvgIpc) is 3.23. The molecule has 0 radical (unpaired) electrons. The number of hydrogen-bond donors (Lipinski definition) is 0. The standard InChI is InChI=1S/C12H16FN3O2S/c13-12-9-10(3-4-14-12)15-5-7-16(8-6-15)19(17,18)11-1-2-11/h3-4,9,11H,1-2,5-8H2. The first-order valence-electron chi connectivity index (χ1n) is 6.43. The van der Waals surface area contributed by atoms with Crippen LogP contribution in [-0.2, 0) is 10.0 Å². The predicted octanol–water partition coefficient (Wildman–Crippen LogP) is 0.835. The lowest BCUT2D eigenvalue weighted by Crippen LogP contribution is -2.49. The first-order chi connectivity index (χ1) is 9.07. The van der Waals surface area contributed by atoms with Crippen molar-refractivity contribution in [2.45, 2.75) is 18.1 Å². The molecule has 2 fully saturated rings. The van der Waals surface area contributed by atoms with Crippen LogP contribution in [0.1, 0.15) is 12.8 Å². The van der Waals surface area contributed by atoms with Crippen LogP contribution in [0.3, 0.4) is 0 Å². The fourth-order valence-electron chi connectivity index (χ4n) is 2.37. The van der Waals surface area contributed by atoms with Gasteiger partial charge in [0.25, 0.3) is 0 Å². The minimum absolute atomic E-state index is 0.155. The molecule has 3 rings (SSSR count). The van der Waals surface area contributed by atoms with Gasteiger partial charge in [-0.05, 0) is 18.9 Å². The maximum Gasteiger partial charge on any atom is 0.217 e. The van der Waals surface area contributed by atoms with Crippen LogP contribution < -0.4 is 4.90 Å². The van der Waals surface area contributed by atoms with E-state index in [0.29, 0.717) is 26.2 Å². The molecule has 0 spiro atoms. The van der Waals surface area contributed by atoms with E-state index in [2.05, 4.69) is 4.98 Å². The fourth-order valence-corrected chi connectivity index (χ4v) is 4.19. The lowest BCUT2D eigenvalue weighted by atomic mass is 10.3. The summed E-state index contributed by atoms with van der Waals surface area (Å²) in [7, 11) is -3.08. The first-order valence-corrected chi connectivity index (χ1v) is 7.93. The molecule has 2 aliphatic rings. The van der Waals surface area contributed by atoms with Gasteiger partial charge in [0.05, 0.1) is 5.25 Å². The summed E-state index contributed by atoms with van der Waals surface area (Å²) in [6.07, 6.45) is 3.01. The van der Waals surface area contributed by atoms with Crippen LogP contribution in [0.5, 0.6) is 0 Å². The van der Waals surface area contributed by atoms with Crippen molar-refractivity contribution < 1.29 is 12.8 Å². The van der Waals surface area contributed by atoms with Gasteiger partial charge in [-0.15, -0.1) is 0 Å². The quantitative estimate of drug-likeness (QED) is 0.772. The summed E-state index contributed by atoms with van der Waals surface area (Å²) >= 11 is 0. The molecule has 0 bridgehead atoms. The zero-order valence-electron chi connectivity index (χ0n) is 10.5. The molecule has 1 aliphatic heterocycles. The zero-order chi connectivity index (χ0) is 13.5. The number of hydrogen-bond acceptors (Lipinski definition) is 4. The van der Waals surface area contributed by atoms with E-state index in [-0.39, 0.29) is 5.25 Å². The molecule has 0 atom stereocenters. The summed E-state index contributed by atoms with van der Waals surface area (Å²) in [6, 6.07) is 3.12. The van der Waals surface area contributed by atoms with E-state index >= 15 is 0 Å². The van der Waals surface area contributed by atoms with Crippen LogP contribution in [0.25, 0.3) is 0 Å². The van der Waals surface area contributed by atoms with Crippen molar-refractivity contribution in [1.82, 2.24) is 9.29 Å². The number of pyridine rings is 1. The number of aromatic nitrogens is 1. The van der Waals surface area contributed by atoms with E-state index in [4.69, 9.17) is 0 Å². The summed E-state index contributed by atoms with van der Waals surface area (Å²) in [5.41, 5.74) is 0.760. The van der Waals surface area contributed by atoms with Crippen LogP contribution in [0.2, 0.25) is 0 Å². The van der Waals surface area contributed by atoms with E-state index < -0.39 is 16.0 Å². The minimum atomic E-state index is -3.08. The minimum Gasteiger partial charge on any atom is -0.369 e. The molecule has 1 aromatic rings. The second-order valence-corrected chi connectivity index (χ2v) is 7.18. The summed E-state index contributed by atoms with van der Waals surface area (Å²) in [4.78, 5) is 5.51. The van der Waals surface area contributed by atoms with Crippen molar-refractivity contribution in [3.63, 3.8) is 0 Å². The Morgan fingerprint density at radius 2 is 1.89 bits per heavy atom. The van der Waals surface area contributed by atoms with Crippen molar-refractivity contribution in [1.29, 1.82) is 0 Å². The van der Waals surface area contributed by atoms with E-state index in [0.717, 1.165) is 18.5 Å². The molecule has 1 saturated carbocycles. The molecule has 0 aromatic carbocycles. The van der Waals surface area contributed by atoms with Crippen molar-refractivity contribution in [2.24, 2.45) is 0 Å². The normalized spacial score (nSPS) is 21.6. The first kappa shape index (κ1) is 12.8. The molecule has 1 aromatic heterocycles. The van der Waals surface area contributed by atoms with Crippen molar-refractivity contribution in [2.75, 3.05) is 31.1 Å². The third-order valence-electron chi connectivity index (χ3n) is 3.62. The Hall–Kier alpha value is -1.21. The van der Waals surface area contributed by atoms with Gasteiger partial charge in [-0.25, -0.2) is 13.4 Å². The smallest absolute Gasteiger partial charge is 0.217 e. The monoisotopic (exact) mass is 285 g/mol. The summed E-state index contributed by atoms with van der Waals surface area (Å²) in [5.74, 6) is -0.509. The number of anilines is 1. The number of halogens is 1. The van der Waals surface area contributed by atoms with Gasteiger partial charge in [-0.3, -0.25) is 0 Å². The van der Waals surface area contributed by atoms with Crippen molar-refractivity contribution in [3.8, 4) is 0 Å². The molecular weight excluding hydrogens is 269 g/mol.